The number of benzene rings is 1. The number of hydrogen-bond donors (Lipinski definition) is 1. The Hall–Kier alpha value is -2.61. The van der Waals surface area contributed by atoms with Gasteiger partial charge in [0.25, 0.3) is 0 Å². The molecule has 0 atom stereocenters. The summed E-state index contributed by atoms with van der Waals surface area (Å²) >= 11 is 0. The summed E-state index contributed by atoms with van der Waals surface area (Å²) in [5, 5.41) is 4.92. The second kappa shape index (κ2) is 7.72. The van der Waals surface area contributed by atoms with Crippen molar-refractivity contribution in [3.8, 4) is 0 Å². The van der Waals surface area contributed by atoms with E-state index in [1.807, 2.05) is 0 Å². The molecule has 1 aromatic heterocycles. The molecule has 180 valence electrons. The molecule has 0 saturated heterocycles. The van der Waals surface area contributed by atoms with E-state index < -0.39 is 74.1 Å². The first kappa shape index (κ1) is 25.0. The smallest absolute Gasteiger partial charge is 0.255 e. The molecule has 1 aliphatic carbocycles. The van der Waals surface area contributed by atoms with Crippen LogP contribution in [0, 0.1) is 5.41 Å². The van der Waals surface area contributed by atoms with Gasteiger partial charge >= 0.3 is 18.5 Å². The Morgan fingerprint density at radius 3 is 1.70 bits per heavy atom. The minimum Gasteiger partial charge on any atom is -0.255 e. The molecule has 0 unspecified atom stereocenters. The number of alkyl halides is 9. The highest BCUT2D eigenvalue weighted by Gasteiger charge is 2.72. The Bertz CT molecular complexity index is 1160. The summed E-state index contributed by atoms with van der Waals surface area (Å²) in [6, 6.07) is 4.38. The lowest BCUT2D eigenvalue weighted by molar-refractivity contribution is -0.335. The van der Waals surface area contributed by atoms with Crippen molar-refractivity contribution in [2.24, 2.45) is 10.6 Å². The largest absolute Gasteiger partial charge is 0.416 e. The summed E-state index contributed by atoms with van der Waals surface area (Å²) in [6.07, 6.45) is -18.8. The van der Waals surface area contributed by atoms with Crippen LogP contribution >= 0.6 is 0 Å². The first-order valence-electron chi connectivity index (χ1n) is 8.89. The third-order valence-corrected chi connectivity index (χ3v) is 6.24. The molecule has 33 heavy (non-hydrogen) atoms. The van der Waals surface area contributed by atoms with E-state index in [-0.39, 0.29) is 5.56 Å². The molecule has 4 nitrogen and oxygen atoms in total. The van der Waals surface area contributed by atoms with Crippen LogP contribution in [-0.2, 0) is 16.2 Å². The number of nitrogens with zero attached hydrogens (tertiary/aromatic N) is 1. The van der Waals surface area contributed by atoms with Gasteiger partial charge in [0.05, 0.1) is 11.3 Å². The Morgan fingerprint density at radius 2 is 1.30 bits per heavy atom. The van der Waals surface area contributed by atoms with Crippen molar-refractivity contribution in [2.45, 2.75) is 36.3 Å². The Balaban J connectivity index is 2.20. The zero-order valence-corrected chi connectivity index (χ0v) is 16.9. The van der Waals surface area contributed by atoms with E-state index >= 15 is 0 Å². The van der Waals surface area contributed by atoms with Gasteiger partial charge in [-0.1, -0.05) is 12.1 Å². The molecule has 2 aromatic rings. The van der Waals surface area contributed by atoms with Gasteiger partial charge in [0.2, 0.25) is 10.0 Å². The fourth-order valence-corrected chi connectivity index (χ4v) is 4.01. The highest BCUT2D eigenvalue weighted by atomic mass is 32.2. The van der Waals surface area contributed by atoms with E-state index in [1.165, 1.54) is 0 Å². The van der Waals surface area contributed by atoms with Gasteiger partial charge in [0, 0.05) is 6.20 Å². The van der Waals surface area contributed by atoms with Crippen LogP contribution in [0.4, 0.5) is 39.5 Å². The summed E-state index contributed by atoms with van der Waals surface area (Å²) in [5.41, 5.74) is -7.05. The van der Waals surface area contributed by atoms with Crippen LogP contribution in [0.5, 0.6) is 0 Å². The predicted molar refractivity (Wildman–Crippen MR) is 97.6 cm³/mol. The normalized spacial score (nSPS) is 17.5. The number of primary sulfonamides is 1. The van der Waals surface area contributed by atoms with E-state index in [1.54, 1.807) is 0 Å². The van der Waals surface area contributed by atoms with Crippen LogP contribution in [-0.4, -0.2) is 25.8 Å². The van der Waals surface area contributed by atoms with Gasteiger partial charge in [0.1, 0.15) is 4.90 Å². The van der Waals surface area contributed by atoms with Gasteiger partial charge in [-0.25, -0.2) is 13.6 Å². The minimum atomic E-state index is -5.75. The summed E-state index contributed by atoms with van der Waals surface area (Å²) < 4.78 is 144. The van der Waals surface area contributed by atoms with Crippen molar-refractivity contribution in [3.05, 3.63) is 59.4 Å². The molecule has 0 saturated carbocycles. The molecule has 1 aliphatic rings. The first-order valence-corrected chi connectivity index (χ1v) is 10.4. The second-order valence-corrected chi connectivity index (χ2v) is 8.95. The Labute approximate surface area is 181 Å². The molecule has 3 rings (SSSR count). The number of pyridine rings is 1. The van der Waals surface area contributed by atoms with E-state index in [2.05, 4.69) is 4.98 Å². The van der Waals surface area contributed by atoms with Gasteiger partial charge in [-0.3, -0.25) is 4.98 Å². The molecule has 0 fully saturated rings. The van der Waals surface area contributed by atoms with E-state index in [9.17, 15) is 47.9 Å². The molecular weight excluding hydrogens is 491 g/mol. The molecule has 0 spiro atoms. The molecule has 0 radical (unpaired) electrons. The lowest BCUT2D eigenvalue weighted by Gasteiger charge is -2.34. The van der Waals surface area contributed by atoms with Gasteiger partial charge in [-0.15, -0.1) is 0 Å². The van der Waals surface area contributed by atoms with Gasteiger partial charge in [-0.2, -0.15) is 39.5 Å². The molecule has 2 N–H and O–H groups in total. The number of aromatic nitrogens is 1. The minimum absolute atomic E-state index is 0.286. The van der Waals surface area contributed by atoms with Crippen molar-refractivity contribution < 1.29 is 47.9 Å². The van der Waals surface area contributed by atoms with Crippen molar-refractivity contribution in [3.63, 3.8) is 0 Å². The molecule has 0 amide bonds. The number of halogens is 9. The third-order valence-electron chi connectivity index (χ3n) is 5.34. The maximum absolute atomic E-state index is 13.7. The quantitative estimate of drug-likeness (QED) is 0.556. The van der Waals surface area contributed by atoms with Crippen molar-refractivity contribution >= 4 is 21.2 Å². The van der Waals surface area contributed by atoms with E-state index in [4.69, 9.17) is 5.14 Å². The fourth-order valence-electron chi connectivity index (χ4n) is 3.55. The molecule has 0 bridgehead atoms. The van der Waals surface area contributed by atoms with E-state index in [0.717, 1.165) is 24.3 Å². The summed E-state index contributed by atoms with van der Waals surface area (Å²) in [7, 11) is -4.24. The lowest BCUT2D eigenvalue weighted by atomic mass is 9.81. The zero-order chi connectivity index (χ0) is 25.0. The van der Waals surface area contributed by atoms with Crippen molar-refractivity contribution in [1.29, 1.82) is 0 Å². The number of hydrogen-bond acceptors (Lipinski definition) is 3. The monoisotopic (exact) mass is 504 g/mol. The topological polar surface area (TPSA) is 73.1 Å². The van der Waals surface area contributed by atoms with Crippen LogP contribution in [0.25, 0.3) is 11.1 Å². The van der Waals surface area contributed by atoms with Crippen LogP contribution < -0.4 is 5.14 Å². The van der Waals surface area contributed by atoms with E-state index in [0.29, 0.717) is 18.3 Å². The standard InChI is InChI=1S/C19H13F9N2O2S/c20-17(21,22)11-3-1-10(2-4-11)13-7-16(18(23,24)25,19(26,27)28)8-14(13)15-6-5-12(9-30-15)33(29,31)32/h1-6,9H,7-8H2,(H2,29,31,32). The molecule has 1 aromatic carbocycles. The lowest BCUT2D eigenvalue weighted by Crippen LogP contribution is -2.48. The third kappa shape index (κ3) is 4.58. The summed E-state index contributed by atoms with van der Waals surface area (Å²) in [6.45, 7) is 0. The maximum atomic E-state index is 13.7. The number of sulfonamides is 1. The SMILES string of the molecule is NS(=O)(=O)c1ccc(C2=C(c3ccc(C(F)(F)F)cc3)CC(C(F)(F)F)(C(F)(F)F)C2)nc1. The average Bonchev–Trinajstić information content (AvgIpc) is 3.09. The maximum Gasteiger partial charge on any atom is 0.416 e. The highest BCUT2D eigenvalue weighted by molar-refractivity contribution is 7.89. The Morgan fingerprint density at radius 1 is 0.788 bits per heavy atom. The first-order chi connectivity index (χ1) is 14.9. The molecule has 14 heteroatoms. The van der Waals surface area contributed by atoms with Crippen LogP contribution in [0.2, 0.25) is 0 Å². The van der Waals surface area contributed by atoms with Crippen LogP contribution in [0.15, 0.2) is 47.5 Å². The zero-order valence-electron chi connectivity index (χ0n) is 16.1. The van der Waals surface area contributed by atoms with Crippen molar-refractivity contribution in [1.82, 2.24) is 4.98 Å². The second-order valence-electron chi connectivity index (χ2n) is 7.39. The fraction of sp³-hybridized carbons (Fsp3) is 0.316. The van der Waals surface area contributed by atoms with Gasteiger partial charge < -0.3 is 0 Å². The van der Waals surface area contributed by atoms with Crippen LogP contribution in [0.1, 0.15) is 29.7 Å². The molecular formula is C19H13F9N2O2S. The predicted octanol–water partition coefficient (Wildman–Crippen LogP) is 5.56. The Kier molecular flexibility index (Phi) is 5.85. The highest BCUT2D eigenvalue weighted by Crippen LogP contribution is 2.64. The summed E-state index contributed by atoms with van der Waals surface area (Å²) in [5.74, 6) is 0. The van der Waals surface area contributed by atoms with Crippen LogP contribution in [0.3, 0.4) is 0 Å². The van der Waals surface area contributed by atoms with Gasteiger partial charge in [-0.05, 0) is 53.8 Å². The molecule has 0 aliphatic heterocycles. The van der Waals surface area contributed by atoms with Gasteiger partial charge in [0.15, 0.2) is 5.41 Å². The number of nitrogens with two attached hydrogens (primary N) is 1. The number of allylic oxidation sites excluding steroid dienone is 2. The summed E-state index contributed by atoms with van der Waals surface area (Å²) in [4.78, 5) is 3.13. The van der Waals surface area contributed by atoms with Crippen molar-refractivity contribution in [2.75, 3.05) is 0 Å². The number of rotatable bonds is 3. The average molecular weight is 504 g/mol. The molecule has 1 heterocycles.